The molecule has 0 aromatic heterocycles. The van der Waals surface area contributed by atoms with Gasteiger partial charge in [0.25, 0.3) is 0 Å². The van der Waals surface area contributed by atoms with Crippen LogP contribution < -0.4 is 0 Å². The molecule has 80 valence electrons. The van der Waals surface area contributed by atoms with Crippen LogP contribution in [0.4, 0.5) is 0 Å². The lowest BCUT2D eigenvalue weighted by Gasteiger charge is -2.26. The normalized spacial score (nSPS) is 28.6. The van der Waals surface area contributed by atoms with Crippen molar-refractivity contribution in [1.82, 2.24) is 0 Å². The molecule has 1 N–H and O–H groups in total. The van der Waals surface area contributed by atoms with Crippen molar-refractivity contribution < 1.29 is 14.7 Å². The fourth-order valence-corrected chi connectivity index (χ4v) is 2.00. The number of ether oxygens (including phenoxy) is 1. The summed E-state index contributed by atoms with van der Waals surface area (Å²) in [7, 11) is 1.43. The highest BCUT2D eigenvalue weighted by molar-refractivity contribution is 5.84. The van der Waals surface area contributed by atoms with Gasteiger partial charge in [0.15, 0.2) is 0 Å². The molecule has 1 saturated carbocycles. The van der Waals surface area contributed by atoms with E-state index < -0.39 is 0 Å². The predicted molar refractivity (Wildman–Crippen MR) is 52.4 cm³/mol. The maximum atomic E-state index is 11.2. The molecule has 0 heterocycles. The van der Waals surface area contributed by atoms with Gasteiger partial charge in [-0.05, 0) is 32.6 Å². The summed E-state index contributed by atoms with van der Waals surface area (Å²) in [6.45, 7) is 1.82. The smallest absolute Gasteiger partial charge is 0.308 e. The molecule has 0 aromatic carbocycles. The monoisotopic (exact) mass is 199 g/mol. The Labute approximate surface area is 83.9 Å². The molecule has 4 heteroatoms. The molecule has 1 fully saturated rings. The van der Waals surface area contributed by atoms with Gasteiger partial charge in [-0.25, -0.2) is 0 Å². The van der Waals surface area contributed by atoms with E-state index in [2.05, 4.69) is 5.16 Å². The van der Waals surface area contributed by atoms with Crippen LogP contribution in [0, 0.1) is 11.8 Å². The zero-order valence-electron chi connectivity index (χ0n) is 8.69. The maximum absolute atomic E-state index is 11.2. The zero-order chi connectivity index (χ0) is 10.6. The summed E-state index contributed by atoms with van der Waals surface area (Å²) in [5.41, 5.74) is 0.772. The molecule has 0 radical (unpaired) electrons. The third kappa shape index (κ3) is 2.47. The van der Waals surface area contributed by atoms with E-state index in [1.165, 1.54) is 7.11 Å². The summed E-state index contributed by atoms with van der Waals surface area (Å²) < 4.78 is 4.69. The SMILES string of the molecule is COC(=O)C1CCC(C(C)=NO)CC1. The van der Waals surface area contributed by atoms with Crippen LogP contribution >= 0.6 is 0 Å². The number of hydrogen-bond acceptors (Lipinski definition) is 4. The first kappa shape index (κ1) is 11.0. The van der Waals surface area contributed by atoms with E-state index in [9.17, 15) is 4.79 Å². The molecular formula is C10H17NO3. The summed E-state index contributed by atoms with van der Waals surface area (Å²) in [6.07, 6.45) is 3.50. The largest absolute Gasteiger partial charge is 0.469 e. The third-order valence-corrected chi connectivity index (χ3v) is 3.01. The van der Waals surface area contributed by atoms with E-state index in [1.54, 1.807) is 0 Å². The van der Waals surface area contributed by atoms with Crippen molar-refractivity contribution in [3.63, 3.8) is 0 Å². The number of hydrogen-bond donors (Lipinski definition) is 1. The molecule has 0 aromatic rings. The van der Waals surface area contributed by atoms with Crippen LogP contribution in [0.15, 0.2) is 5.16 Å². The highest BCUT2D eigenvalue weighted by Gasteiger charge is 2.28. The van der Waals surface area contributed by atoms with Gasteiger partial charge in [0.05, 0.1) is 18.7 Å². The molecule has 0 spiro atoms. The lowest BCUT2D eigenvalue weighted by atomic mass is 9.80. The van der Waals surface area contributed by atoms with E-state index >= 15 is 0 Å². The Morgan fingerprint density at radius 1 is 1.29 bits per heavy atom. The molecule has 0 saturated heterocycles. The lowest BCUT2D eigenvalue weighted by Crippen LogP contribution is -2.25. The van der Waals surface area contributed by atoms with Crippen molar-refractivity contribution >= 4 is 11.7 Å². The number of esters is 1. The first-order valence-corrected chi connectivity index (χ1v) is 4.95. The van der Waals surface area contributed by atoms with Crippen molar-refractivity contribution in [2.24, 2.45) is 17.0 Å². The van der Waals surface area contributed by atoms with Crippen molar-refractivity contribution in [1.29, 1.82) is 0 Å². The van der Waals surface area contributed by atoms with Gasteiger partial charge < -0.3 is 9.94 Å². The van der Waals surface area contributed by atoms with E-state index in [0.717, 1.165) is 31.4 Å². The van der Waals surface area contributed by atoms with Gasteiger partial charge in [0.1, 0.15) is 0 Å². The number of rotatable bonds is 2. The van der Waals surface area contributed by atoms with Gasteiger partial charge in [0, 0.05) is 5.92 Å². The summed E-state index contributed by atoms with van der Waals surface area (Å²) in [5.74, 6) is 0.269. The number of methoxy groups -OCH3 is 1. The Bertz CT molecular complexity index is 230. The molecule has 0 bridgehead atoms. The van der Waals surface area contributed by atoms with Crippen LogP contribution in [0.3, 0.4) is 0 Å². The van der Waals surface area contributed by atoms with Crippen molar-refractivity contribution in [3.8, 4) is 0 Å². The Kier molecular flexibility index (Phi) is 3.92. The predicted octanol–water partition coefficient (Wildman–Crippen LogP) is 1.82. The quantitative estimate of drug-likeness (QED) is 0.319. The molecule has 0 amide bonds. The number of nitrogens with zero attached hydrogens (tertiary/aromatic N) is 1. The Morgan fingerprint density at radius 3 is 2.21 bits per heavy atom. The van der Waals surface area contributed by atoms with E-state index in [0.29, 0.717) is 5.92 Å². The van der Waals surface area contributed by atoms with Gasteiger partial charge in [-0.1, -0.05) is 5.16 Å². The first-order valence-electron chi connectivity index (χ1n) is 4.95. The molecule has 1 aliphatic carbocycles. The number of carbonyl (C=O) groups is 1. The number of oxime groups is 1. The lowest BCUT2D eigenvalue weighted by molar-refractivity contribution is -0.146. The fourth-order valence-electron chi connectivity index (χ4n) is 2.00. The van der Waals surface area contributed by atoms with E-state index in [4.69, 9.17) is 9.94 Å². The second-order valence-electron chi connectivity index (χ2n) is 3.81. The van der Waals surface area contributed by atoms with Crippen LogP contribution in [-0.2, 0) is 9.53 Å². The molecule has 1 aliphatic rings. The first-order chi connectivity index (χ1) is 6.69. The molecule has 4 nitrogen and oxygen atoms in total. The van der Waals surface area contributed by atoms with Crippen LogP contribution in [-0.4, -0.2) is 24.0 Å². The fraction of sp³-hybridized carbons (Fsp3) is 0.800. The van der Waals surface area contributed by atoms with Crippen molar-refractivity contribution in [2.75, 3.05) is 7.11 Å². The van der Waals surface area contributed by atoms with Crippen LogP contribution in [0.5, 0.6) is 0 Å². The van der Waals surface area contributed by atoms with E-state index in [-0.39, 0.29) is 11.9 Å². The molecule has 1 rings (SSSR count). The maximum Gasteiger partial charge on any atom is 0.308 e. The highest BCUT2D eigenvalue weighted by atomic mass is 16.5. The van der Waals surface area contributed by atoms with Crippen molar-refractivity contribution in [3.05, 3.63) is 0 Å². The third-order valence-electron chi connectivity index (χ3n) is 3.01. The minimum absolute atomic E-state index is 0.0442. The van der Waals surface area contributed by atoms with Gasteiger partial charge >= 0.3 is 5.97 Å². The van der Waals surface area contributed by atoms with Crippen molar-refractivity contribution in [2.45, 2.75) is 32.6 Å². The zero-order valence-corrected chi connectivity index (χ0v) is 8.69. The summed E-state index contributed by atoms with van der Waals surface area (Å²) in [6, 6.07) is 0. The van der Waals surface area contributed by atoms with Gasteiger partial charge in [0.2, 0.25) is 0 Å². The Morgan fingerprint density at radius 2 is 1.79 bits per heavy atom. The summed E-state index contributed by atoms with van der Waals surface area (Å²) >= 11 is 0. The average Bonchev–Trinajstić information content (AvgIpc) is 2.27. The van der Waals surface area contributed by atoms with Crippen LogP contribution in [0.2, 0.25) is 0 Å². The summed E-state index contributed by atoms with van der Waals surface area (Å²) in [5, 5.41) is 11.8. The highest BCUT2D eigenvalue weighted by Crippen LogP contribution is 2.30. The molecule has 14 heavy (non-hydrogen) atoms. The summed E-state index contributed by atoms with van der Waals surface area (Å²) in [4.78, 5) is 11.2. The van der Waals surface area contributed by atoms with Gasteiger partial charge in [-0.15, -0.1) is 0 Å². The molecular weight excluding hydrogens is 182 g/mol. The second kappa shape index (κ2) is 4.98. The Hall–Kier alpha value is -1.06. The van der Waals surface area contributed by atoms with Gasteiger partial charge in [-0.2, -0.15) is 0 Å². The average molecular weight is 199 g/mol. The minimum atomic E-state index is -0.109. The van der Waals surface area contributed by atoms with Crippen LogP contribution in [0.25, 0.3) is 0 Å². The molecule has 0 aliphatic heterocycles. The van der Waals surface area contributed by atoms with E-state index in [1.807, 2.05) is 6.92 Å². The second-order valence-corrected chi connectivity index (χ2v) is 3.81. The molecule has 0 atom stereocenters. The standard InChI is InChI=1S/C10H17NO3/c1-7(11-13)8-3-5-9(6-4-8)10(12)14-2/h8-9,13H,3-6H2,1-2H3. The molecule has 0 unspecified atom stereocenters. The topological polar surface area (TPSA) is 58.9 Å². The van der Waals surface area contributed by atoms with Gasteiger partial charge in [-0.3, -0.25) is 4.79 Å². The number of carbonyl (C=O) groups excluding carboxylic acids is 1. The Balaban J connectivity index is 2.42. The van der Waals surface area contributed by atoms with Crippen LogP contribution in [0.1, 0.15) is 32.6 Å². The minimum Gasteiger partial charge on any atom is -0.469 e.